The number of nitrogens with zero attached hydrogens (tertiary/aromatic N) is 4. The first-order valence-electron chi connectivity index (χ1n) is 9.33. The predicted octanol–water partition coefficient (Wildman–Crippen LogP) is 0.0744. The number of rotatable bonds is 5. The lowest BCUT2D eigenvalue weighted by Gasteiger charge is -2.36. The van der Waals surface area contributed by atoms with Crippen molar-refractivity contribution in [3.8, 4) is 0 Å². The van der Waals surface area contributed by atoms with E-state index < -0.39 is 9.84 Å². The number of hydrogen-bond acceptors (Lipinski definition) is 6. The molecule has 1 N–H and O–H groups in total. The molecule has 0 spiro atoms. The number of guanidine groups is 1. The van der Waals surface area contributed by atoms with Crippen molar-refractivity contribution >= 4 is 45.9 Å². The molecule has 0 radical (unpaired) electrons. The van der Waals surface area contributed by atoms with E-state index in [1.807, 2.05) is 13.8 Å². The number of carbonyl (C=O) groups is 1. The van der Waals surface area contributed by atoms with Gasteiger partial charge in [-0.05, 0) is 13.8 Å². The third-order valence-corrected chi connectivity index (χ3v) is 6.16. The summed E-state index contributed by atoms with van der Waals surface area (Å²) in [5.74, 6) is 1.33. The fourth-order valence-corrected chi connectivity index (χ4v) is 4.29. The Hall–Kier alpha value is -0.820. The molecule has 11 heteroatoms. The third kappa shape index (κ3) is 7.98. The average Bonchev–Trinajstić information content (AvgIpc) is 2.63. The van der Waals surface area contributed by atoms with Gasteiger partial charge in [0.15, 0.2) is 15.8 Å². The highest BCUT2D eigenvalue weighted by atomic mass is 127. The molecule has 0 atom stereocenters. The number of sulfone groups is 1. The Morgan fingerprint density at radius 2 is 1.63 bits per heavy atom. The Morgan fingerprint density at radius 1 is 1.04 bits per heavy atom. The highest BCUT2D eigenvalue weighted by Gasteiger charge is 2.24. The summed E-state index contributed by atoms with van der Waals surface area (Å²) in [6.45, 7) is 10.2. The van der Waals surface area contributed by atoms with Gasteiger partial charge in [0, 0.05) is 52.4 Å². The van der Waals surface area contributed by atoms with Gasteiger partial charge < -0.3 is 19.9 Å². The molecular formula is C16H32IN5O4S. The maximum Gasteiger partial charge on any atom is 0.409 e. The number of ether oxygens (including phenoxy) is 1. The minimum absolute atomic E-state index is 0. The Bertz CT molecular complexity index is 580. The van der Waals surface area contributed by atoms with Gasteiger partial charge in [-0.15, -0.1) is 24.0 Å². The van der Waals surface area contributed by atoms with Crippen molar-refractivity contribution in [2.24, 2.45) is 4.99 Å². The smallest absolute Gasteiger partial charge is 0.409 e. The van der Waals surface area contributed by atoms with Gasteiger partial charge >= 0.3 is 6.09 Å². The molecule has 2 aliphatic heterocycles. The second-order valence-electron chi connectivity index (χ2n) is 6.40. The van der Waals surface area contributed by atoms with Crippen molar-refractivity contribution in [2.75, 3.05) is 77.0 Å². The largest absolute Gasteiger partial charge is 0.450 e. The SMILES string of the molecule is CCNC(=NCCN1CCS(=O)(=O)CC1)N1CCN(C(=O)OCC)CC1.I. The Kier molecular flexibility index (Phi) is 10.7. The van der Waals surface area contributed by atoms with Crippen molar-refractivity contribution in [1.29, 1.82) is 0 Å². The van der Waals surface area contributed by atoms with Crippen molar-refractivity contribution in [3.05, 3.63) is 0 Å². The molecule has 0 aliphatic carbocycles. The van der Waals surface area contributed by atoms with Crippen molar-refractivity contribution in [2.45, 2.75) is 13.8 Å². The van der Waals surface area contributed by atoms with E-state index in [1.54, 1.807) is 4.90 Å². The maximum absolute atomic E-state index is 11.8. The van der Waals surface area contributed by atoms with Gasteiger partial charge in [0.2, 0.25) is 0 Å². The van der Waals surface area contributed by atoms with Crippen LogP contribution in [-0.4, -0.2) is 112 Å². The number of halogens is 1. The van der Waals surface area contributed by atoms with Crippen LogP contribution >= 0.6 is 24.0 Å². The van der Waals surface area contributed by atoms with E-state index >= 15 is 0 Å². The average molecular weight is 517 g/mol. The zero-order valence-electron chi connectivity index (χ0n) is 16.2. The highest BCUT2D eigenvalue weighted by molar-refractivity contribution is 14.0. The molecule has 0 bridgehead atoms. The normalized spacial score (nSPS) is 20.7. The van der Waals surface area contributed by atoms with Gasteiger partial charge in [-0.1, -0.05) is 0 Å². The van der Waals surface area contributed by atoms with Crippen LogP contribution < -0.4 is 5.32 Å². The summed E-state index contributed by atoms with van der Waals surface area (Å²) < 4.78 is 28.0. The molecule has 0 unspecified atom stereocenters. The van der Waals surface area contributed by atoms with Crippen LogP contribution in [0, 0.1) is 0 Å². The first-order valence-corrected chi connectivity index (χ1v) is 11.1. The van der Waals surface area contributed by atoms with Gasteiger partial charge in [0.05, 0.1) is 24.7 Å². The molecule has 2 saturated heterocycles. The topological polar surface area (TPSA) is 94.5 Å². The van der Waals surface area contributed by atoms with Crippen LogP contribution in [0.4, 0.5) is 4.79 Å². The van der Waals surface area contributed by atoms with Crippen molar-refractivity contribution in [1.82, 2.24) is 20.0 Å². The van der Waals surface area contributed by atoms with Crippen LogP contribution in [0.3, 0.4) is 0 Å². The quantitative estimate of drug-likeness (QED) is 0.314. The molecule has 0 aromatic carbocycles. The Balaban J connectivity index is 0.00000364. The molecule has 2 heterocycles. The number of hydrogen-bond donors (Lipinski definition) is 1. The summed E-state index contributed by atoms with van der Waals surface area (Å²) in [6, 6.07) is 0. The van der Waals surface area contributed by atoms with Gasteiger partial charge in [-0.3, -0.25) is 9.89 Å². The molecule has 27 heavy (non-hydrogen) atoms. The summed E-state index contributed by atoms with van der Waals surface area (Å²) in [6.07, 6.45) is -0.255. The zero-order chi connectivity index (χ0) is 19.0. The van der Waals surface area contributed by atoms with E-state index in [1.165, 1.54) is 0 Å². The number of piperazine rings is 1. The van der Waals surface area contributed by atoms with Crippen LogP contribution in [0.2, 0.25) is 0 Å². The van der Waals surface area contributed by atoms with Crippen LogP contribution in [-0.2, 0) is 14.6 Å². The maximum atomic E-state index is 11.8. The molecule has 2 fully saturated rings. The second kappa shape index (κ2) is 11.9. The summed E-state index contributed by atoms with van der Waals surface area (Å²) in [7, 11) is -2.84. The molecule has 0 aromatic heterocycles. The molecule has 2 rings (SSSR count). The minimum Gasteiger partial charge on any atom is -0.450 e. The van der Waals surface area contributed by atoms with Crippen LogP contribution in [0.25, 0.3) is 0 Å². The molecule has 0 saturated carbocycles. The van der Waals surface area contributed by atoms with E-state index in [-0.39, 0.29) is 41.6 Å². The van der Waals surface area contributed by atoms with Gasteiger partial charge in [-0.2, -0.15) is 0 Å². The number of aliphatic imine (C=N–C) groups is 1. The van der Waals surface area contributed by atoms with Gasteiger partial charge in [0.25, 0.3) is 0 Å². The first kappa shape index (κ1) is 24.2. The van der Waals surface area contributed by atoms with E-state index in [2.05, 4.69) is 20.1 Å². The molecule has 9 nitrogen and oxygen atoms in total. The molecule has 1 amide bonds. The van der Waals surface area contributed by atoms with Crippen molar-refractivity contribution < 1.29 is 17.9 Å². The van der Waals surface area contributed by atoms with Crippen LogP contribution in [0.1, 0.15) is 13.8 Å². The molecular weight excluding hydrogens is 485 g/mol. The Morgan fingerprint density at radius 3 is 2.19 bits per heavy atom. The predicted molar refractivity (Wildman–Crippen MR) is 117 cm³/mol. The monoisotopic (exact) mass is 517 g/mol. The number of amides is 1. The molecule has 2 aliphatic rings. The summed E-state index contributed by atoms with van der Waals surface area (Å²) in [5, 5.41) is 3.30. The molecule has 158 valence electrons. The van der Waals surface area contributed by atoms with Crippen LogP contribution in [0.15, 0.2) is 4.99 Å². The van der Waals surface area contributed by atoms with E-state index in [9.17, 15) is 13.2 Å². The van der Waals surface area contributed by atoms with Gasteiger partial charge in [0.1, 0.15) is 0 Å². The first-order chi connectivity index (χ1) is 12.4. The highest BCUT2D eigenvalue weighted by Crippen LogP contribution is 2.06. The van der Waals surface area contributed by atoms with E-state index in [0.717, 1.165) is 19.0 Å². The van der Waals surface area contributed by atoms with E-state index in [0.29, 0.717) is 52.4 Å². The standard InChI is InChI=1S/C16H31N5O4S.HI/c1-3-17-15(18-5-6-19-11-13-26(23,24)14-12-19)20-7-9-21(10-8-20)16(22)25-4-2;/h3-14H2,1-2H3,(H,17,18);1H. The lowest BCUT2D eigenvalue weighted by molar-refractivity contribution is 0.0914. The lowest BCUT2D eigenvalue weighted by Crippen LogP contribution is -2.54. The second-order valence-corrected chi connectivity index (χ2v) is 8.71. The summed E-state index contributed by atoms with van der Waals surface area (Å²) in [5.41, 5.74) is 0. The van der Waals surface area contributed by atoms with E-state index in [4.69, 9.17) is 4.74 Å². The van der Waals surface area contributed by atoms with Crippen LogP contribution in [0.5, 0.6) is 0 Å². The van der Waals surface area contributed by atoms with Crippen molar-refractivity contribution in [3.63, 3.8) is 0 Å². The zero-order valence-corrected chi connectivity index (χ0v) is 19.4. The summed E-state index contributed by atoms with van der Waals surface area (Å²) >= 11 is 0. The molecule has 0 aromatic rings. The summed E-state index contributed by atoms with van der Waals surface area (Å²) in [4.78, 5) is 22.5. The fourth-order valence-electron chi connectivity index (χ4n) is 3.01. The third-order valence-electron chi connectivity index (χ3n) is 4.55. The fraction of sp³-hybridized carbons (Fsp3) is 0.875. The minimum atomic E-state index is -2.84. The van der Waals surface area contributed by atoms with Gasteiger partial charge in [-0.25, -0.2) is 13.2 Å². The number of nitrogens with one attached hydrogen (secondary N) is 1. The number of carbonyl (C=O) groups excluding carboxylic acids is 1. The lowest BCUT2D eigenvalue weighted by atomic mass is 10.3. The Labute approximate surface area is 179 Å².